The molecule has 0 amide bonds. The lowest BCUT2D eigenvalue weighted by Crippen LogP contribution is -2.00. The van der Waals surface area contributed by atoms with Crippen LogP contribution in [0.5, 0.6) is 0 Å². The van der Waals surface area contributed by atoms with Gasteiger partial charge in [0.1, 0.15) is 0 Å². The minimum absolute atomic E-state index is 0.567. The van der Waals surface area contributed by atoms with Gasteiger partial charge in [-0.1, -0.05) is 59.3 Å². The summed E-state index contributed by atoms with van der Waals surface area (Å²) in [6, 6.07) is 17.3. The molecule has 0 saturated heterocycles. The number of benzene rings is 2. The van der Waals surface area contributed by atoms with Gasteiger partial charge in [-0.3, -0.25) is 0 Å². The van der Waals surface area contributed by atoms with Crippen molar-refractivity contribution >= 4 is 15.9 Å². The summed E-state index contributed by atoms with van der Waals surface area (Å²) in [4.78, 5) is 0. The van der Waals surface area contributed by atoms with Gasteiger partial charge in [0.25, 0.3) is 0 Å². The Morgan fingerprint density at radius 2 is 1.65 bits per heavy atom. The predicted octanol–water partition coefficient (Wildman–Crippen LogP) is 5.10. The van der Waals surface area contributed by atoms with Crippen LogP contribution in [0.4, 0.5) is 0 Å². The van der Waals surface area contributed by atoms with Crippen LogP contribution in [0.15, 0.2) is 53.0 Å². The summed E-state index contributed by atoms with van der Waals surface area (Å²) in [6.07, 6.45) is 1.10. The van der Waals surface area contributed by atoms with E-state index in [0.29, 0.717) is 5.92 Å². The highest BCUT2D eigenvalue weighted by Gasteiger charge is 2.08. The molecular weight excluding hydrogens is 272 g/mol. The molecule has 1 heteroatoms. The molecule has 0 heterocycles. The van der Waals surface area contributed by atoms with Crippen LogP contribution in [0.25, 0.3) is 0 Å². The van der Waals surface area contributed by atoms with E-state index in [1.807, 2.05) is 0 Å². The zero-order chi connectivity index (χ0) is 12.3. The third-order valence-electron chi connectivity index (χ3n) is 3.17. The summed E-state index contributed by atoms with van der Waals surface area (Å²) < 4.78 is 1.14. The Balaban J connectivity index is 2.14. The van der Waals surface area contributed by atoms with Crippen molar-refractivity contribution in [3.63, 3.8) is 0 Å². The Morgan fingerprint density at radius 3 is 2.29 bits per heavy atom. The Kier molecular flexibility index (Phi) is 4.01. The highest BCUT2D eigenvalue weighted by atomic mass is 79.9. The lowest BCUT2D eigenvalue weighted by molar-refractivity contribution is 0.753. The molecule has 0 radical (unpaired) electrons. The van der Waals surface area contributed by atoms with Crippen molar-refractivity contribution in [2.45, 2.75) is 26.2 Å². The van der Waals surface area contributed by atoms with Gasteiger partial charge in [-0.25, -0.2) is 0 Å². The molecular formula is C16H17Br. The van der Waals surface area contributed by atoms with Crippen LogP contribution in [-0.2, 0) is 6.42 Å². The second-order valence-electron chi connectivity index (χ2n) is 4.59. The summed E-state index contributed by atoms with van der Waals surface area (Å²) in [6.45, 7) is 4.48. The van der Waals surface area contributed by atoms with E-state index >= 15 is 0 Å². The minimum atomic E-state index is 0.567. The van der Waals surface area contributed by atoms with E-state index in [9.17, 15) is 0 Å². The quantitative estimate of drug-likeness (QED) is 0.737. The molecule has 2 rings (SSSR count). The van der Waals surface area contributed by atoms with Crippen molar-refractivity contribution in [2.75, 3.05) is 0 Å². The van der Waals surface area contributed by atoms with Crippen LogP contribution in [0.2, 0.25) is 0 Å². The molecule has 0 aromatic heterocycles. The van der Waals surface area contributed by atoms with E-state index in [4.69, 9.17) is 0 Å². The molecule has 0 aliphatic rings. The van der Waals surface area contributed by atoms with Crippen LogP contribution >= 0.6 is 15.9 Å². The summed E-state index contributed by atoms with van der Waals surface area (Å²) in [5.74, 6) is 0.567. The third kappa shape index (κ3) is 3.19. The van der Waals surface area contributed by atoms with Gasteiger partial charge in [-0.15, -0.1) is 0 Å². The minimum Gasteiger partial charge on any atom is -0.0620 e. The second kappa shape index (κ2) is 5.50. The highest BCUT2D eigenvalue weighted by molar-refractivity contribution is 9.10. The summed E-state index contributed by atoms with van der Waals surface area (Å²) in [7, 11) is 0. The average Bonchev–Trinajstić information content (AvgIpc) is 2.32. The standard InChI is InChI=1S/C16H17Br/c1-12-5-3-4-6-16(12)13(2)11-14-7-9-15(17)10-8-14/h3-10,13H,11H2,1-2H3/t13-/m0/s1. The van der Waals surface area contributed by atoms with E-state index in [2.05, 4.69) is 78.3 Å². The third-order valence-corrected chi connectivity index (χ3v) is 3.70. The van der Waals surface area contributed by atoms with Gasteiger partial charge in [-0.05, 0) is 48.1 Å². The van der Waals surface area contributed by atoms with Crippen LogP contribution in [0.3, 0.4) is 0 Å². The molecule has 0 spiro atoms. The first-order chi connectivity index (χ1) is 8.16. The molecule has 0 aliphatic heterocycles. The second-order valence-corrected chi connectivity index (χ2v) is 5.50. The van der Waals surface area contributed by atoms with Gasteiger partial charge in [0.2, 0.25) is 0 Å². The monoisotopic (exact) mass is 288 g/mol. The number of rotatable bonds is 3. The number of hydrogen-bond acceptors (Lipinski definition) is 0. The number of hydrogen-bond donors (Lipinski definition) is 0. The van der Waals surface area contributed by atoms with Crippen LogP contribution in [0.1, 0.15) is 29.5 Å². The molecule has 0 bridgehead atoms. The molecule has 0 aliphatic carbocycles. The smallest absolute Gasteiger partial charge is 0.0175 e. The van der Waals surface area contributed by atoms with E-state index < -0.39 is 0 Å². The van der Waals surface area contributed by atoms with Crippen LogP contribution in [0, 0.1) is 6.92 Å². The SMILES string of the molecule is Cc1ccccc1[C@@H](C)Cc1ccc(Br)cc1. The van der Waals surface area contributed by atoms with Crippen molar-refractivity contribution in [1.29, 1.82) is 0 Å². The van der Waals surface area contributed by atoms with Gasteiger partial charge in [0.05, 0.1) is 0 Å². The van der Waals surface area contributed by atoms with Crippen molar-refractivity contribution in [3.05, 3.63) is 69.7 Å². The van der Waals surface area contributed by atoms with Crippen LogP contribution in [-0.4, -0.2) is 0 Å². The lowest BCUT2D eigenvalue weighted by Gasteiger charge is -2.14. The normalized spacial score (nSPS) is 12.4. The van der Waals surface area contributed by atoms with Crippen LogP contribution < -0.4 is 0 Å². The van der Waals surface area contributed by atoms with E-state index in [1.165, 1.54) is 16.7 Å². The van der Waals surface area contributed by atoms with Gasteiger partial charge in [-0.2, -0.15) is 0 Å². The van der Waals surface area contributed by atoms with Gasteiger partial charge in [0.15, 0.2) is 0 Å². The molecule has 0 nitrogen and oxygen atoms in total. The summed E-state index contributed by atoms with van der Waals surface area (Å²) in [5, 5.41) is 0. The topological polar surface area (TPSA) is 0 Å². The maximum atomic E-state index is 3.47. The van der Waals surface area contributed by atoms with E-state index in [0.717, 1.165) is 10.9 Å². The molecule has 2 aromatic rings. The summed E-state index contributed by atoms with van der Waals surface area (Å²) in [5.41, 5.74) is 4.23. The Morgan fingerprint density at radius 1 is 1.00 bits per heavy atom. The first-order valence-corrected chi connectivity index (χ1v) is 6.76. The average molecular weight is 289 g/mol. The molecule has 0 N–H and O–H groups in total. The first kappa shape index (κ1) is 12.4. The van der Waals surface area contributed by atoms with Crippen molar-refractivity contribution < 1.29 is 0 Å². The molecule has 17 heavy (non-hydrogen) atoms. The number of aryl methyl sites for hydroxylation is 1. The zero-order valence-corrected chi connectivity index (χ0v) is 11.9. The molecule has 0 fully saturated rings. The van der Waals surface area contributed by atoms with Crippen molar-refractivity contribution in [3.8, 4) is 0 Å². The van der Waals surface area contributed by atoms with Gasteiger partial charge < -0.3 is 0 Å². The fourth-order valence-corrected chi connectivity index (χ4v) is 2.49. The molecule has 0 saturated carbocycles. The fourth-order valence-electron chi connectivity index (χ4n) is 2.22. The maximum Gasteiger partial charge on any atom is 0.0175 e. The van der Waals surface area contributed by atoms with E-state index in [-0.39, 0.29) is 0 Å². The predicted molar refractivity (Wildman–Crippen MR) is 77.4 cm³/mol. The maximum absolute atomic E-state index is 3.47. The van der Waals surface area contributed by atoms with E-state index in [1.54, 1.807) is 0 Å². The van der Waals surface area contributed by atoms with Crippen molar-refractivity contribution in [1.82, 2.24) is 0 Å². The number of halogens is 1. The molecule has 1 atom stereocenters. The van der Waals surface area contributed by atoms with Gasteiger partial charge >= 0.3 is 0 Å². The molecule has 0 unspecified atom stereocenters. The largest absolute Gasteiger partial charge is 0.0620 e. The Hall–Kier alpha value is -1.08. The zero-order valence-electron chi connectivity index (χ0n) is 10.3. The molecule has 2 aromatic carbocycles. The highest BCUT2D eigenvalue weighted by Crippen LogP contribution is 2.23. The summed E-state index contributed by atoms with van der Waals surface area (Å²) >= 11 is 3.47. The van der Waals surface area contributed by atoms with Gasteiger partial charge in [0, 0.05) is 4.47 Å². The molecule has 88 valence electrons. The first-order valence-electron chi connectivity index (χ1n) is 5.97. The Labute approximate surface area is 112 Å². The van der Waals surface area contributed by atoms with Crippen molar-refractivity contribution in [2.24, 2.45) is 0 Å². The Bertz CT molecular complexity index is 485. The lowest BCUT2D eigenvalue weighted by atomic mass is 9.91. The fraction of sp³-hybridized carbons (Fsp3) is 0.250.